The minimum atomic E-state index is -1.97. The molecule has 0 aromatic heterocycles. The van der Waals surface area contributed by atoms with Gasteiger partial charge in [0.1, 0.15) is 27.8 Å². The molecule has 5 rings (SSSR count). The molecule has 0 saturated carbocycles. The summed E-state index contributed by atoms with van der Waals surface area (Å²) in [6.45, 7) is 3.45. The van der Waals surface area contributed by atoms with E-state index in [2.05, 4.69) is 5.32 Å². The van der Waals surface area contributed by atoms with Crippen molar-refractivity contribution in [3.63, 3.8) is 0 Å². The molecule has 0 saturated heterocycles. The molecule has 9 nitrogen and oxygen atoms in total. The van der Waals surface area contributed by atoms with E-state index in [1.807, 2.05) is 0 Å². The summed E-state index contributed by atoms with van der Waals surface area (Å²) in [5.41, 5.74) is -0.134. The highest BCUT2D eigenvalue weighted by Gasteiger charge is 2.63. The van der Waals surface area contributed by atoms with Crippen LogP contribution in [0.5, 0.6) is 23.0 Å². The number of carbonyl (C=O) groups excluding carboxylic acids is 3. The third-order valence-electron chi connectivity index (χ3n) is 7.56. The molecule has 2 aromatic carbocycles. The van der Waals surface area contributed by atoms with Gasteiger partial charge in [-0.15, -0.1) is 0 Å². The van der Waals surface area contributed by atoms with Crippen LogP contribution in [-0.4, -0.2) is 49.6 Å². The van der Waals surface area contributed by atoms with Crippen LogP contribution in [0.2, 0.25) is 10.0 Å². The quantitative estimate of drug-likeness (QED) is 0.395. The van der Waals surface area contributed by atoms with E-state index < -0.39 is 35.0 Å². The number of ether oxygens (including phenoxy) is 4. The first-order valence-electron chi connectivity index (χ1n) is 12.0. The van der Waals surface area contributed by atoms with Crippen LogP contribution < -0.4 is 19.5 Å². The number of allylic oxidation sites excluding steroid dienone is 2. The number of nitrogens with one attached hydrogen (secondary N) is 1. The van der Waals surface area contributed by atoms with Crippen LogP contribution in [-0.2, 0) is 14.3 Å². The lowest BCUT2D eigenvalue weighted by molar-refractivity contribution is -0.136. The van der Waals surface area contributed by atoms with Crippen molar-refractivity contribution < 1.29 is 38.4 Å². The van der Waals surface area contributed by atoms with Crippen molar-refractivity contribution in [3.8, 4) is 23.0 Å². The number of carbonyl (C=O) groups is 3. The molecule has 0 radical (unpaired) electrons. The second-order valence-corrected chi connectivity index (χ2v) is 10.4. The maximum absolute atomic E-state index is 14.6. The van der Waals surface area contributed by atoms with Crippen LogP contribution in [0.15, 0.2) is 46.8 Å². The Labute approximate surface area is 234 Å². The highest BCUT2D eigenvalue weighted by molar-refractivity contribution is 6.36. The number of rotatable bonds is 4. The van der Waals surface area contributed by atoms with Gasteiger partial charge in [-0.25, -0.2) is 4.79 Å². The van der Waals surface area contributed by atoms with Crippen molar-refractivity contribution in [2.45, 2.75) is 31.8 Å². The molecule has 204 valence electrons. The third kappa shape index (κ3) is 3.71. The number of hydrogen-bond donors (Lipinski definition) is 2. The molecule has 1 spiro atoms. The molecule has 3 atom stereocenters. The van der Waals surface area contributed by atoms with Gasteiger partial charge in [0.25, 0.3) is 0 Å². The van der Waals surface area contributed by atoms with E-state index in [-0.39, 0.29) is 56.2 Å². The number of aromatic hydroxyl groups is 1. The average molecular weight is 574 g/mol. The van der Waals surface area contributed by atoms with Crippen molar-refractivity contribution in [2.24, 2.45) is 5.92 Å². The highest BCUT2D eigenvalue weighted by Crippen LogP contribution is 2.56. The Kier molecular flexibility index (Phi) is 6.55. The molecule has 1 unspecified atom stereocenters. The monoisotopic (exact) mass is 573 g/mol. The molecule has 0 bridgehead atoms. The summed E-state index contributed by atoms with van der Waals surface area (Å²) in [6, 6.07) is 5.88. The maximum atomic E-state index is 14.6. The van der Waals surface area contributed by atoms with Gasteiger partial charge in [0, 0.05) is 34.9 Å². The van der Waals surface area contributed by atoms with Gasteiger partial charge < -0.3 is 29.4 Å². The van der Waals surface area contributed by atoms with Crippen molar-refractivity contribution in [1.29, 1.82) is 0 Å². The summed E-state index contributed by atoms with van der Waals surface area (Å²) < 4.78 is 22.1. The number of phenolic OH excluding ortho intramolecular Hbond substituents is 1. The van der Waals surface area contributed by atoms with Gasteiger partial charge in [-0.3, -0.25) is 9.59 Å². The van der Waals surface area contributed by atoms with E-state index in [0.29, 0.717) is 17.0 Å². The predicted octanol–water partition coefficient (Wildman–Crippen LogP) is 4.73. The topological polar surface area (TPSA) is 120 Å². The normalized spacial score (nSPS) is 23.8. The van der Waals surface area contributed by atoms with Gasteiger partial charge in [-0.1, -0.05) is 36.2 Å². The fourth-order valence-electron chi connectivity index (χ4n) is 5.69. The van der Waals surface area contributed by atoms with E-state index in [0.717, 1.165) is 0 Å². The van der Waals surface area contributed by atoms with E-state index in [1.165, 1.54) is 39.5 Å². The minimum Gasteiger partial charge on any atom is -0.506 e. The molecule has 2 aliphatic heterocycles. The number of benzene rings is 2. The SMILES string of the molecule is COC(=O)C1=C(C)NC2=C(C(=O)[C@@]3(Oc4c(Cl)c(OC)cc(OC)c4C3=O)[C@H](C)C2)C1c1ccc(O)c(Cl)c1. The number of dihydropyridines is 1. The number of halogens is 2. The number of hydrogen-bond acceptors (Lipinski definition) is 9. The fraction of sp³-hybridized carbons (Fsp3) is 0.321. The summed E-state index contributed by atoms with van der Waals surface area (Å²) in [5, 5.41) is 13.3. The van der Waals surface area contributed by atoms with Crippen molar-refractivity contribution in [2.75, 3.05) is 21.3 Å². The number of Topliss-reactive ketones (excluding diaryl/α,β-unsaturated/α-hetero) is 2. The molecule has 39 heavy (non-hydrogen) atoms. The molecule has 0 fully saturated rings. The smallest absolute Gasteiger partial charge is 0.336 e. The predicted molar refractivity (Wildman–Crippen MR) is 142 cm³/mol. The second kappa shape index (κ2) is 9.50. The largest absolute Gasteiger partial charge is 0.506 e. The molecule has 11 heteroatoms. The molecule has 2 heterocycles. The Balaban J connectivity index is 1.73. The standard InChI is InChI=1S/C28H25Cl2NO8/c1-11-8-15-21(20(13-6-7-16(32)14(29)9-13)19(12(2)31-15)27(35)38-5)25(33)28(11)26(34)22-17(36-3)10-18(37-4)23(30)24(22)39-28/h6-7,9-11,20,31-32H,8H2,1-5H3/t11-,20?,28+/m1/s1. The van der Waals surface area contributed by atoms with Gasteiger partial charge in [0.15, 0.2) is 5.75 Å². The molecular weight excluding hydrogens is 549 g/mol. The van der Waals surface area contributed by atoms with E-state index in [1.54, 1.807) is 19.9 Å². The average Bonchev–Trinajstić information content (AvgIpc) is 3.23. The molecular formula is C28H25Cl2NO8. The number of phenols is 1. The van der Waals surface area contributed by atoms with Gasteiger partial charge in [-0.05, 0) is 31.0 Å². The summed E-state index contributed by atoms with van der Waals surface area (Å²) >= 11 is 12.8. The van der Waals surface area contributed by atoms with Gasteiger partial charge in [0.05, 0.1) is 31.9 Å². The molecule has 2 aromatic rings. The van der Waals surface area contributed by atoms with E-state index >= 15 is 0 Å². The number of methoxy groups -OCH3 is 3. The molecule has 0 amide bonds. The molecule has 1 aliphatic carbocycles. The van der Waals surface area contributed by atoms with Crippen LogP contribution in [0.25, 0.3) is 0 Å². The summed E-state index contributed by atoms with van der Waals surface area (Å²) in [4.78, 5) is 41.8. The van der Waals surface area contributed by atoms with Crippen molar-refractivity contribution in [1.82, 2.24) is 5.32 Å². The Bertz CT molecular complexity index is 1530. The lowest BCUT2D eigenvalue weighted by Crippen LogP contribution is -2.58. The molecule has 3 aliphatic rings. The van der Waals surface area contributed by atoms with Crippen LogP contribution in [0, 0.1) is 5.92 Å². The van der Waals surface area contributed by atoms with E-state index in [4.69, 9.17) is 42.1 Å². The van der Waals surface area contributed by atoms with Gasteiger partial charge in [0.2, 0.25) is 17.2 Å². The van der Waals surface area contributed by atoms with Crippen LogP contribution >= 0.6 is 23.2 Å². The summed E-state index contributed by atoms with van der Waals surface area (Å²) in [7, 11) is 4.04. The zero-order chi connectivity index (χ0) is 28.4. The van der Waals surface area contributed by atoms with E-state index in [9.17, 15) is 19.5 Å². The lowest BCUT2D eigenvalue weighted by Gasteiger charge is -2.42. The Hall–Kier alpha value is -3.69. The number of esters is 1. The number of ketones is 2. The lowest BCUT2D eigenvalue weighted by atomic mass is 9.65. The second-order valence-electron chi connectivity index (χ2n) is 9.59. The maximum Gasteiger partial charge on any atom is 0.336 e. The van der Waals surface area contributed by atoms with Gasteiger partial charge >= 0.3 is 5.97 Å². The van der Waals surface area contributed by atoms with Gasteiger partial charge in [-0.2, -0.15) is 0 Å². The summed E-state index contributed by atoms with van der Waals surface area (Å²) in [6.07, 6.45) is 0.242. The van der Waals surface area contributed by atoms with Crippen molar-refractivity contribution >= 4 is 40.7 Å². The van der Waals surface area contributed by atoms with Crippen LogP contribution in [0.4, 0.5) is 0 Å². The molecule has 2 N–H and O–H groups in total. The highest BCUT2D eigenvalue weighted by atomic mass is 35.5. The Morgan fingerprint density at radius 2 is 1.79 bits per heavy atom. The number of fused-ring (bicyclic) bond motifs is 1. The zero-order valence-electron chi connectivity index (χ0n) is 21.7. The first kappa shape index (κ1) is 26.9. The zero-order valence-corrected chi connectivity index (χ0v) is 23.2. The fourth-order valence-corrected chi connectivity index (χ4v) is 6.15. The van der Waals surface area contributed by atoms with Crippen LogP contribution in [0.3, 0.4) is 0 Å². The first-order chi connectivity index (χ1) is 18.5. The minimum absolute atomic E-state index is 0.00460. The summed E-state index contributed by atoms with van der Waals surface area (Å²) in [5.74, 6) is -3.29. The van der Waals surface area contributed by atoms with Crippen molar-refractivity contribution in [3.05, 3.63) is 68.0 Å². The Morgan fingerprint density at radius 1 is 1.10 bits per heavy atom. The first-order valence-corrected chi connectivity index (χ1v) is 12.8. The Morgan fingerprint density at radius 3 is 2.41 bits per heavy atom. The third-order valence-corrected chi connectivity index (χ3v) is 8.22. The van der Waals surface area contributed by atoms with Crippen LogP contribution in [0.1, 0.15) is 42.1 Å².